The third kappa shape index (κ3) is 3.61. The number of anilines is 1. The maximum atomic E-state index is 9.22. The smallest absolute Gasteiger partial charge is 0.143 e. The summed E-state index contributed by atoms with van der Waals surface area (Å²) >= 11 is 0. The molecular formula is C18H21N3O2. The van der Waals surface area contributed by atoms with Crippen molar-refractivity contribution >= 4 is 16.6 Å². The van der Waals surface area contributed by atoms with E-state index in [9.17, 15) is 5.26 Å². The van der Waals surface area contributed by atoms with E-state index in [0.29, 0.717) is 25.0 Å². The molecule has 1 aliphatic heterocycles. The van der Waals surface area contributed by atoms with Gasteiger partial charge >= 0.3 is 0 Å². The molecule has 0 aliphatic carbocycles. The molecule has 3 rings (SSSR count). The van der Waals surface area contributed by atoms with Crippen LogP contribution >= 0.6 is 0 Å². The summed E-state index contributed by atoms with van der Waals surface area (Å²) in [5.74, 6) is 0. The van der Waals surface area contributed by atoms with E-state index in [4.69, 9.17) is 9.47 Å². The van der Waals surface area contributed by atoms with Crippen molar-refractivity contribution in [2.24, 2.45) is 0 Å². The summed E-state index contributed by atoms with van der Waals surface area (Å²) < 4.78 is 10.8. The number of pyridine rings is 1. The highest BCUT2D eigenvalue weighted by atomic mass is 16.5. The maximum absolute atomic E-state index is 9.22. The number of aromatic nitrogens is 1. The van der Waals surface area contributed by atoms with Gasteiger partial charge in [0.25, 0.3) is 0 Å². The van der Waals surface area contributed by atoms with Crippen LogP contribution in [0, 0.1) is 11.3 Å². The Kier molecular flexibility index (Phi) is 5.06. The Balaban J connectivity index is 1.75. The predicted molar refractivity (Wildman–Crippen MR) is 89.5 cm³/mol. The van der Waals surface area contributed by atoms with Crippen molar-refractivity contribution in [2.75, 3.05) is 38.3 Å². The van der Waals surface area contributed by atoms with Crippen molar-refractivity contribution in [3.63, 3.8) is 0 Å². The summed E-state index contributed by atoms with van der Waals surface area (Å²) in [5, 5.41) is 10.3. The van der Waals surface area contributed by atoms with E-state index < -0.39 is 0 Å². The van der Waals surface area contributed by atoms with Crippen molar-refractivity contribution in [1.29, 1.82) is 5.26 Å². The van der Waals surface area contributed by atoms with Crippen molar-refractivity contribution in [2.45, 2.75) is 18.9 Å². The van der Waals surface area contributed by atoms with Crippen molar-refractivity contribution in [1.82, 2.24) is 4.98 Å². The van der Waals surface area contributed by atoms with Gasteiger partial charge in [0.05, 0.1) is 24.8 Å². The van der Waals surface area contributed by atoms with Gasteiger partial charge in [-0.25, -0.2) is 4.98 Å². The molecule has 0 bridgehead atoms. The second kappa shape index (κ2) is 7.40. The van der Waals surface area contributed by atoms with Crippen molar-refractivity contribution in [3.8, 4) is 6.07 Å². The van der Waals surface area contributed by atoms with E-state index in [1.54, 1.807) is 7.11 Å². The second-order valence-electron chi connectivity index (χ2n) is 5.71. The zero-order chi connectivity index (χ0) is 16.1. The summed E-state index contributed by atoms with van der Waals surface area (Å²) in [5.41, 5.74) is 2.44. The van der Waals surface area contributed by atoms with Crippen LogP contribution in [0.4, 0.5) is 5.69 Å². The van der Waals surface area contributed by atoms with Crippen molar-refractivity contribution < 1.29 is 9.47 Å². The highest BCUT2D eigenvalue weighted by Crippen LogP contribution is 2.29. The van der Waals surface area contributed by atoms with E-state index >= 15 is 0 Å². The minimum atomic E-state index is 0.296. The van der Waals surface area contributed by atoms with Gasteiger partial charge in [0.2, 0.25) is 0 Å². The molecule has 23 heavy (non-hydrogen) atoms. The van der Waals surface area contributed by atoms with Crippen LogP contribution in [0.25, 0.3) is 10.9 Å². The van der Waals surface area contributed by atoms with Gasteiger partial charge in [0.15, 0.2) is 0 Å². The Bertz CT molecular complexity index is 703. The first-order chi connectivity index (χ1) is 11.3. The number of rotatable bonds is 5. The first-order valence-corrected chi connectivity index (χ1v) is 7.97. The number of piperidine rings is 1. The van der Waals surface area contributed by atoms with Gasteiger partial charge < -0.3 is 14.4 Å². The molecule has 5 nitrogen and oxygen atoms in total. The lowest BCUT2D eigenvalue weighted by Crippen LogP contribution is -2.37. The quantitative estimate of drug-likeness (QED) is 0.795. The van der Waals surface area contributed by atoms with Crippen LogP contribution in [0.1, 0.15) is 18.5 Å². The molecule has 1 saturated heterocycles. The third-order valence-corrected chi connectivity index (χ3v) is 4.23. The number of nitriles is 1. The van der Waals surface area contributed by atoms with Crippen LogP contribution in [0.2, 0.25) is 0 Å². The number of benzene rings is 1. The van der Waals surface area contributed by atoms with Gasteiger partial charge in [-0.1, -0.05) is 18.2 Å². The van der Waals surface area contributed by atoms with E-state index in [1.165, 1.54) is 0 Å². The number of nitrogens with zero attached hydrogens (tertiary/aromatic N) is 3. The number of ether oxygens (including phenoxy) is 2. The molecule has 0 atom stereocenters. The normalized spacial score (nSPS) is 15.7. The van der Waals surface area contributed by atoms with Gasteiger partial charge in [-0.05, 0) is 25.0 Å². The minimum Gasteiger partial charge on any atom is -0.382 e. The number of para-hydroxylation sites is 1. The number of hydrogen-bond acceptors (Lipinski definition) is 5. The van der Waals surface area contributed by atoms with E-state index in [2.05, 4.69) is 22.0 Å². The first kappa shape index (κ1) is 15.7. The molecular weight excluding hydrogens is 290 g/mol. The fourth-order valence-electron chi connectivity index (χ4n) is 3.04. The number of hydrogen-bond donors (Lipinski definition) is 0. The molecule has 1 aliphatic rings. The van der Waals surface area contributed by atoms with Crippen LogP contribution in [0.15, 0.2) is 30.3 Å². The van der Waals surface area contributed by atoms with E-state index in [-0.39, 0.29) is 0 Å². The van der Waals surface area contributed by atoms with Crippen LogP contribution in [-0.2, 0) is 9.47 Å². The average molecular weight is 311 g/mol. The topological polar surface area (TPSA) is 58.4 Å². The Hall–Kier alpha value is -2.16. The molecule has 0 spiro atoms. The van der Waals surface area contributed by atoms with Gasteiger partial charge in [0.1, 0.15) is 11.8 Å². The van der Waals surface area contributed by atoms with Gasteiger partial charge in [-0.2, -0.15) is 5.26 Å². The molecule has 0 radical (unpaired) electrons. The van der Waals surface area contributed by atoms with Gasteiger partial charge in [-0.3, -0.25) is 0 Å². The highest BCUT2D eigenvalue weighted by Gasteiger charge is 2.21. The second-order valence-corrected chi connectivity index (χ2v) is 5.71. The average Bonchev–Trinajstić information content (AvgIpc) is 2.61. The molecule has 0 N–H and O–H groups in total. The molecule has 5 heteroatoms. The fourth-order valence-corrected chi connectivity index (χ4v) is 3.04. The zero-order valence-electron chi connectivity index (χ0n) is 13.4. The minimum absolute atomic E-state index is 0.296. The highest BCUT2D eigenvalue weighted by molar-refractivity contribution is 5.92. The van der Waals surface area contributed by atoms with Crippen LogP contribution in [0.5, 0.6) is 0 Å². The lowest BCUT2D eigenvalue weighted by Gasteiger charge is -2.34. The molecule has 120 valence electrons. The van der Waals surface area contributed by atoms with Crippen molar-refractivity contribution in [3.05, 3.63) is 36.0 Å². The fraction of sp³-hybridized carbons (Fsp3) is 0.444. The summed E-state index contributed by atoms with van der Waals surface area (Å²) in [7, 11) is 1.69. The molecule has 1 aromatic carbocycles. The van der Waals surface area contributed by atoms with Gasteiger partial charge in [-0.15, -0.1) is 0 Å². The monoisotopic (exact) mass is 311 g/mol. The van der Waals surface area contributed by atoms with Gasteiger partial charge in [0, 0.05) is 31.3 Å². The largest absolute Gasteiger partial charge is 0.382 e. The summed E-state index contributed by atoms with van der Waals surface area (Å²) in [4.78, 5) is 6.72. The molecule has 2 heterocycles. The predicted octanol–water partition coefficient (Wildman–Crippen LogP) is 2.74. The third-order valence-electron chi connectivity index (χ3n) is 4.23. The molecule has 2 aromatic rings. The van der Waals surface area contributed by atoms with E-state index in [1.807, 2.05) is 24.3 Å². The molecule has 1 fully saturated rings. The van der Waals surface area contributed by atoms with Crippen LogP contribution in [0.3, 0.4) is 0 Å². The zero-order valence-corrected chi connectivity index (χ0v) is 13.4. The lowest BCUT2D eigenvalue weighted by molar-refractivity contribution is 0.00612. The van der Waals surface area contributed by atoms with Crippen LogP contribution in [-0.4, -0.2) is 44.5 Å². The Morgan fingerprint density at radius 3 is 2.78 bits per heavy atom. The van der Waals surface area contributed by atoms with Crippen LogP contribution < -0.4 is 4.90 Å². The SMILES string of the molecule is COCCOC1CCN(c2cc(C#N)nc3ccccc23)CC1. The molecule has 0 unspecified atom stereocenters. The lowest BCUT2D eigenvalue weighted by atomic mass is 10.0. The Morgan fingerprint density at radius 2 is 2.04 bits per heavy atom. The van der Waals surface area contributed by atoms with E-state index in [0.717, 1.165) is 42.5 Å². The molecule has 0 saturated carbocycles. The molecule has 1 aromatic heterocycles. The first-order valence-electron chi connectivity index (χ1n) is 7.97. The number of fused-ring (bicyclic) bond motifs is 1. The maximum Gasteiger partial charge on any atom is 0.143 e. The Morgan fingerprint density at radius 1 is 1.26 bits per heavy atom. The summed E-state index contributed by atoms with van der Waals surface area (Å²) in [6.07, 6.45) is 2.27. The number of methoxy groups -OCH3 is 1. The summed E-state index contributed by atoms with van der Waals surface area (Å²) in [6.45, 7) is 3.14. The molecule has 0 amide bonds. The Labute approximate surface area is 136 Å². The standard InChI is InChI=1S/C18H21N3O2/c1-22-10-11-23-15-6-8-21(9-7-15)18-12-14(13-19)20-17-5-3-2-4-16(17)18/h2-5,12,15H,6-11H2,1H3. The summed E-state index contributed by atoms with van der Waals surface area (Å²) in [6, 6.07) is 12.1.